The van der Waals surface area contributed by atoms with Crippen molar-refractivity contribution in [1.29, 1.82) is 0 Å². The lowest BCUT2D eigenvalue weighted by atomic mass is 9.77. The topological polar surface area (TPSA) is 240 Å². The van der Waals surface area contributed by atoms with Crippen molar-refractivity contribution < 1.29 is 72.7 Å². The van der Waals surface area contributed by atoms with Crippen LogP contribution in [0.25, 0.3) is 0 Å². The predicted molar refractivity (Wildman–Crippen MR) is 266 cm³/mol. The maximum Gasteiger partial charge on any atom is 0.414 e. The molecule has 4 fully saturated rings. The summed E-state index contributed by atoms with van der Waals surface area (Å²) in [7, 11) is 5.21. The van der Waals surface area contributed by atoms with Gasteiger partial charge in [-0.05, 0) is 112 Å². The Balaban J connectivity index is 1.23. The Morgan fingerprint density at radius 2 is 1.66 bits per heavy atom. The van der Waals surface area contributed by atoms with Crippen molar-refractivity contribution in [3.8, 4) is 0 Å². The molecule has 0 radical (unpaired) electrons. The number of aromatic nitrogens is 3. The molecule has 1 amide bonds. The number of hydrogen-bond acceptors (Lipinski definition) is 18. The lowest BCUT2D eigenvalue weighted by molar-refractivity contribution is -0.318. The highest BCUT2D eigenvalue weighted by molar-refractivity contribution is 5.89. The Morgan fingerprint density at radius 1 is 0.959 bits per heavy atom. The van der Waals surface area contributed by atoms with E-state index in [4.69, 9.17) is 33.2 Å². The molecule has 73 heavy (non-hydrogen) atoms. The molecule has 21 heteroatoms. The van der Waals surface area contributed by atoms with Crippen molar-refractivity contribution in [3.05, 3.63) is 41.5 Å². The second kappa shape index (κ2) is 23.8. The average molecular weight is 1040 g/mol. The van der Waals surface area contributed by atoms with E-state index in [2.05, 4.69) is 10.3 Å². The minimum Gasteiger partial charge on any atom is -0.459 e. The van der Waals surface area contributed by atoms with Crippen LogP contribution in [0.2, 0.25) is 0 Å². The maximum atomic E-state index is 14.5. The quantitative estimate of drug-likeness (QED) is 0.180. The van der Waals surface area contributed by atoms with E-state index in [1.54, 1.807) is 78.4 Å². The fourth-order valence-electron chi connectivity index (χ4n) is 11.4. The second-order valence-corrected chi connectivity index (χ2v) is 22.4. The van der Waals surface area contributed by atoms with E-state index >= 15 is 0 Å². The zero-order valence-electron chi connectivity index (χ0n) is 45.4. The largest absolute Gasteiger partial charge is 0.459 e. The normalized spacial score (nSPS) is 40.8. The van der Waals surface area contributed by atoms with Gasteiger partial charge in [-0.15, -0.1) is 5.10 Å². The molecular formula is C52H85FN6O14. The number of aliphatic hydroxyl groups is 5. The van der Waals surface area contributed by atoms with E-state index in [1.807, 2.05) is 37.7 Å². The number of benzene rings is 1. The number of aryl methyl sites for hydroxylation is 1. The van der Waals surface area contributed by atoms with Crippen LogP contribution in [0.15, 0.2) is 24.4 Å². The highest BCUT2D eigenvalue weighted by Crippen LogP contribution is 2.40. The van der Waals surface area contributed by atoms with E-state index in [0.717, 1.165) is 0 Å². The van der Waals surface area contributed by atoms with Crippen molar-refractivity contribution in [2.45, 2.75) is 211 Å². The van der Waals surface area contributed by atoms with Gasteiger partial charge in [0, 0.05) is 57.2 Å². The van der Waals surface area contributed by atoms with Gasteiger partial charge in [-0.3, -0.25) is 9.69 Å². The average Bonchev–Trinajstić information content (AvgIpc) is 3.94. The van der Waals surface area contributed by atoms with Crippen molar-refractivity contribution >= 4 is 17.7 Å². The van der Waals surface area contributed by atoms with E-state index < -0.39 is 126 Å². The molecule has 0 spiro atoms. The molecule has 1 aromatic heterocycles. The lowest BCUT2D eigenvalue weighted by Gasteiger charge is -2.49. The van der Waals surface area contributed by atoms with Crippen LogP contribution in [0.1, 0.15) is 106 Å². The first-order valence-corrected chi connectivity index (χ1v) is 26.0. The molecule has 0 aliphatic carbocycles. The van der Waals surface area contributed by atoms with Gasteiger partial charge in [0.15, 0.2) is 12.6 Å². The summed E-state index contributed by atoms with van der Waals surface area (Å²) in [6.45, 7) is 20.4. The molecule has 0 unspecified atom stereocenters. The number of methoxy groups -OCH3 is 1. The first kappa shape index (κ1) is 58.8. The lowest BCUT2D eigenvalue weighted by Crippen LogP contribution is -2.61. The van der Waals surface area contributed by atoms with Gasteiger partial charge in [0.2, 0.25) is 0 Å². The van der Waals surface area contributed by atoms with Crippen LogP contribution < -0.4 is 4.90 Å². The zero-order chi connectivity index (χ0) is 54.1. The first-order chi connectivity index (χ1) is 34.1. The highest BCUT2D eigenvalue weighted by atomic mass is 19.1. The number of anilines is 1. The van der Waals surface area contributed by atoms with Crippen LogP contribution in [0, 0.1) is 30.5 Å². The Hall–Kier alpha value is -3.45. The maximum absolute atomic E-state index is 14.5. The number of rotatable bonds is 13. The molecule has 1 aromatic carbocycles. The minimum atomic E-state index is -1.85. The Bertz CT molecular complexity index is 2150. The molecule has 414 valence electrons. The number of carbonyl (C=O) groups excluding carboxylic acids is 2. The van der Waals surface area contributed by atoms with Gasteiger partial charge in [-0.1, -0.05) is 32.1 Å². The molecule has 0 bridgehead atoms. The van der Waals surface area contributed by atoms with E-state index in [9.17, 15) is 39.5 Å². The summed E-state index contributed by atoms with van der Waals surface area (Å²) in [6, 6.07) is 3.55. The summed E-state index contributed by atoms with van der Waals surface area (Å²) >= 11 is 0. The number of halogens is 1. The third kappa shape index (κ3) is 13.4. The standard InChI is InChI=1S/C52H85FN6O14/c1-15-40-52(11,66)44(61)33(7)57(13)24-28(2)22-50(9,65)46(31(5)43(32(6)47(63)71-40)72-41-23-51(10,67-14)45(62)34(8)69-41)73-48-42(60)39(20-30(4)68-48)56(12)19-18-35-25-58(55-54-35)26-37-27-59(49(64)70-37)36-17-16-29(3)38(53)21-36/h16-17,21,25,28,30-34,37,39-46,48,60-62,65-66H,15,18-20,22-24,26-27H2,1-14H3/t28-,30-,31+,32-,33-,34+,37+,39+,40-,41+,42-,43+,44-,45+,46-,48+,50-,51-,52-/m1/s1. The Morgan fingerprint density at radius 3 is 2.32 bits per heavy atom. The molecule has 20 nitrogen and oxygen atoms in total. The summed E-state index contributed by atoms with van der Waals surface area (Å²) < 4.78 is 59.7. The molecule has 2 aromatic rings. The molecule has 5 N–H and O–H groups in total. The molecule has 4 aliphatic heterocycles. The molecule has 4 saturated heterocycles. The number of carbonyl (C=O) groups is 2. The Labute approximate surface area is 430 Å². The van der Waals surface area contributed by atoms with E-state index in [0.29, 0.717) is 42.9 Å². The van der Waals surface area contributed by atoms with Crippen molar-refractivity contribution in [3.63, 3.8) is 0 Å². The fourth-order valence-corrected chi connectivity index (χ4v) is 11.4. The summed E-state index contributed by atoms with van der Waals surface area (Å²) in [5.41, 5.74) is -3.03. The first-order valence-electron chi connectivity index (χ1n) is 26.0. The molecule has 6 rings (SSSR count). The van der Waals surface area contributed by atoms with Crippen LogP contribution in [-0.2, 0) is 50.9 Å². The monoisotopic (exact) mass is 1040 g/mol. The van der Waals surface area contributed by atoms with Crippen molar-refractivity contribution in [2.75, 3.05) is 45.7 Å². The smallest absolute Gasteiger partial charge is 0.414 e. The zero-order valence-corrected chi connectivity index (χ0v) is 45.4. The number of esters is 1. The number of nitrogens with zero attached hydrogens (tertiary/aromatic N) is 6. The number of amides is 1. The Kier molecular flexibility index (Phi) is 19.2. The molecule has 5 heterocycles. The van der Waals surface area contributed by atoms with Gasteiger partial charge in [0.1, 0.15) is 41.9 Å². The molecule has 0 saturated carbocycles. The molecule has 19 atom stereocenters. The van der Waals surface area contributed by atoms with Crippen molar-refractivity contribution in [2.24, 2.45) is 17.8 Å². The van der Waals surface area contributed by atoms with Crippen LogP contribution >= 0.6 is 0 Å². The summed E-state index contributed by atoms with van der Waals surface area (Å²) in [4.78, 5) is 32.5. The number of cyclic esters (lactones) is 2. The van der Waals surface area contributed by atoms with Crippen molar-refractivity contribution in [1.82, 2.24) is 24.8 Å². The van der Waals surface area contributed by atoms with E-state index in [1.165, 1.54) is 25.0 Å². The number of ether oxygens (including phenoxy) is 7. The summed E-state index contributed by atoms with van der Waals surface area (Å²) in [5, 5.41) is 68.3. The SMILES string of the molecule is CC[C@H]1OC(=O)[C@H](C)[C@@H](O[C@H]2C[C@@](C)(OC)[C@@H](O)[C@H](C)O2)[C@H](C)[C@@H](O[C@@H]2O[C@H](C)C[C@H](N(C)CCc3cn(C[C@H]4CN(c5ccc(C)c(F)c5)C(=O)O4)nn3)[C@H]2O)[C@](C)(O)C[C@@H](C)CN(C)[C@H](C)[C@@H](O)[C@]1(C)O. The third-order valence-corrected chi connectivity index (χ3v) is 16.1. The van der Waals surface area contributed by atoms with Gasteiger partial charge >= 0.3 is 12.1 Å². The van der Waals surface area contributed by atoms with Crippen LogP contribution in [0.3, 0.4) is 0 Å². The minimum absolute atomic E-state index is 0.0837. The van der Waals surface area contributed by atoms with Crippen LogP contribution in [0.4, 0.5) is 14.9 Å². The number of hydrogen-bond donors (Lipinski definition) is 5. The third-order valence-electron chi connectivity index (χ3n) is 16.1. The van der Waals surface area contributed by atoms with Gasteiger partial charge in [-0.25, -0.2) is 13.9 Å². The highest BCUT2D eigenvalue weighted by Gasteiger charge is 2.53. The predicted octanol–water partition coefficient (Wildman–Crippen LogP) is 3.58. The van der Waals surface area contributed by atoms with Gasteiger partial charge in [0.25, 0.3) is 0 Å². The summed E-state index contributed by atoms with van der Waals surface area (Å²) in [6.07, 6.45) is -8.29. The molecule has 4 aliphatic rings. The van der Waals surface area contributed by atoms with Gasteiger partial charge < -0.3 is 68.5 Å². The fraction of sp³-hybridized carbons (Fsp3) is 0.808. The second-order valence-electron chi connectivity index (χ2n) is 22.4. The number of likely N-dealkylation sites (N-methyl/N-ethyl adjacent to an activating group) is 2. The van der Waals surface area contributed by atoms with Gasteiger partial charge in [-0.2, -0.15) is 0 Å². The van der Waals surface area contributed by atoms with E-state index in [-0.39, 0.29) is 38.3 Å². The van der Waals surface area contributed by atoms with Crippen LogP contribution in [-0.4, -0.2) is 200 Å². The van der Waals surface area contributed by atoms with Crippen LogP contribution in [0.5, 0.6) is 0 Å². The number of aliphatic hydroxyl groups excluding tert-OH is 3. The van der Waals surface area contributed by atoms with Gasteiger partial charge in [0.05, 0.1) is 66.0 Å². The summed E-state index contributed by atoms with van der Waals surface area (Å²) in [5.74, 6) is -3.28. The molecular weight excluding hydrogens is 952 g/mol.